The molecule has 0 radical (unpaired) electrons. The average molecular weight is 523 g/mol. The van der Waals surface area contributed by atoms with Gasteiger partial charge in [0.25, 0.3) is 0 Å². The standard InChI is InChI=1S/C26H28FN6O3P/c1-15-19(12-31(2)30-15)17-8-18-21(9-23(17)35-4)28-11-22-25(18)33(24(13-34)32(22)3)26-20(27)7-16(10-29-26)36-14-37(5)6/h7-13,24H,14H2,1-6H3. The molecule has 3 aromatic heterocycles. The molecule has 1 aliphatic heterocycles. The number of benzene rings is 1. The number of methoxy groups -OCH3 is 1. The van der Waals surface area contributed by atoms with Crippen LogP contribution in [0.2, 0.25) is 0 Å². The number of hydrogen-bond donors (Lipinski definition) is 0. The second kappa shape index (κ2) is 9.59. The molecule has 1 atom stereocenters. The highest BCUT2D eigenvalue weighted by Crippen LogP contribution is 2.48. The van der Waals surface area contributed by atoms with Crippen molar-refractivity contribution in [2.75, 3.05) is 43.6 Å². The van der Waals surface area contributed by atoms with Crippen molar-refractivity contribution in [1.82, 2.24) is 19.7 Å². The molecule has 0 aliphatic carbocycles. The van der Waals surface area contributed by atoms with Gasteiger partial charge in [0.05, 0.1) is 42.1 Å². The van der Waals surface area contributed by atoms with Crippen LogP contribution < -0.4 is 19.3 Å². The topological polar surface area (TPSA) is 85.6 Å². The van der Waals surface area contributed by atoms with Crippen molar-refractivity contribution in [1.29, 1.82) is 0 Å². The van der Waals surface area contributed by atoms with E-state index in [-0.39, 0.29) is 13.7 Å². The summed E-state index contributed by atoms with van der Waals surface area (Å²) in [5.74, 6) is 0.446. The van der Waals surface area contributed by atoms with Crippen LogP contribution in [0, 0.1) is 12.7 Å². The number of rotatable bonds is 7. The van der Waals surface area contributed by atoms with Crippen molar-refractivity contribution in [2.24, 2.45) is 7.05 Å². The molecular formula is C26H28FN6O3P. The number of ether oxygens (including phenoxy) is 2. The molecule has 1 aromatic carbocycles. The van der Waals surface area contributed by atoms with Crippen LogP contribution in [0.1, 0.15) is 5.69 Å². The van der Waals surface area contributed by atoms with Crippen LogP contribution >= 0.6 is 7.92 Å². The molecule has 0 saturated carbocycles. The smallest absolute Gasteiger partial charge is 0.171 e. The highest BCUT2D eigenvalue weighted by atomic mass is 31.1. The lowest BCUT2D eigenvalue weighted by Crippen LogP contribution is -2.40. The lowest BCUT2D eigenvalue weighted by atomic mass is 10.0. The van der Waals surface area contributed by atoms with Gasteiger partial charge in [-0.3, -0.25) is 19.4 Å². The van der Waals surface area contributed by atoms with E-state index in [1.54, 1.807) is 34.8 Å². The SMILES string of the molecule is COc1cc2ncc3c(c2cc1-c1cn(C)nc1C)N(c1ncc(OCP(C)C)cc1F)C(C=O)N3C. The largest absolute Gasteiger partial charge is 0.496 e. The van der Waals surface area contributed by atoms with Crippen molar-refractivity contribution in [3.8, 4) is 22.6 Å². The first-order valence-corrected chi connectivity index (χ1v) is 14.1. The second-order valence-corrected chi connectivity index (χ2v) is 11.6. The number of carbonyl (C=O) groups excluding carboxylic acids is 1. The lowest BCUT2D eigenvalue weighted by molar-refractivity contribution is -0.108. The average Bonchev–Trinajstić information content (AvgIpc) is 3.36. The Labute approximate surface area is 215 Å². The number of pyridine rings is 2. The third-order valence-electron chi connectivity index (χ3n) is 6.36. The third kappa shape index (κ3) is 4.25. The first-order chi connectivity index (χ1) is 17.7. The minimum atomic E-state index is -0.805. The van der Waals surface area contributed by atoms with Crippen molar-refractivity contribution in [2.45, 2.75) is 13.1 Å². The van der Waals surface area contributed by atoms with Gasteiger partial charge in [-0.15, -0.1) is 0 Å². The first-order valence-electron chi connectivity index (χ1n) is 11.6. The van der Waals surface area contributed by atoms with Gasteiger partial charge < -0.3 is 14.4 Å². The predicted octanol–water partition coefficient (Wildman–Crippen LogP) is 4.68. The van der Waals surface area contributed by atoms with Crippen molar-refractivity contribution >= 4 is 42.3 Å². The zero-order chi connectivity index (χ0) is 26.4. The van der Waals surface area contributed by atoms with Crippen LogP contribution in [0.15, 0.2) is 36.8 Å². The van der Waals surface area contributed by atoms with Crippen molar-refractivity contribution in [3.05, 3.63) is 48.3 Å². The Balaban J connectivity index is 1.72. The number of aryl methyl sites for hydroxylation is 2. The maximum atomic E-state index is 15.5. The number of carbonyl (C=O) groups is 1. The molecule has 0 bridgehead atoms. The Morgan fingerprint density at radius 3 is 2.54 bits per heavy atom. The molecule has 9 nitrogen and oxygen atoms in total. The fourth-order valence-corrected chi connectivity index (χ4v) is 5.06. The molecule has 4 heterocycles. The van der Waals surface area contributed by atoms with Crippen molar-refractivity contribution in [3.63, 3.8) is 0 Å². The molecule has 0 spiro atoms. The molecule has 1 unspecified atom stereocenters. The Bertz CT molecular complexity index is 1510. The normalized spacial score (nSPS) is 15.0. The molecule has 192 valence electrons. The third-order valence-corrected chi connectivity index (χ3v) is 7.01. The lowest BCUT2D eigenvalue weighted by Gasteiger charge is -2.26. The van der Waals surface area contributed by atoms with Gasteiger partial charge in [-0.2, -0.15) is 5.10 Å². The number of halogens is 1. The summed E-state index contributed by atoms with van der Waals surface area (Å²) in [6.07, 6.45) is 5.58. The van der Waals surface area contributed by atoms with Gasteiger partial charge in [-0.1, -0.05) is 7.92 Å². The highest BCUT2D eigenvalue weighted by molar-refractivity contribution is 7.55. The van der Waals surface area contributed by atoms with E-state index < -0.39 is 12.0 Å². The minimum absolute atomic E-state index is 0.0349. The first kappa shape index (κ1) is 24.9. The van der Waals surface area contributed by atoms with E-state index in [9.17, 15) is 4.79 Å². The van der Waals surface area contributed by atoms with Crippen LogP contribution in [0.5, 0.6) is 11.5 Å². The van der Waals surface area contributed by atoms with Gasteiger partial charge in [0.15, 0.2) is 24.1 Å². The van der Waals surface area contributed by atoms with Crippen LogP contribution in [-0.4, -0.2) is 66.0 Å². The summed E-state index contributed by atoms with van der Waals surface area (Å²) in [6.45, 7) is 6.08. The molecule has 0 fully saturated rings. The van der Waals surface area contributed by atoms with E-state index >= 15 is 4.39 Å². The molecule has 5 rings (SSSR count). The monoisotopic (exact) mass is 522 g/mol. The fraction of sp³-hybridized carbons (Fsp3) is 0.308. The maximum absolute atomic E-state index is 15.5. The number of anilines is 3. The Morgan fingerprint density at radius 2 is 1.92 bits per heavy atom. The maximum Gasteiger partial charge on any atom is 0.171 e. The zero-order valence-electron chi connectivity index (χ0n) is 21.6. The number of fused-ring (bicyclic) bond motifs is 3. The summed E-state index contributed by atoms with van der Waals surface area (Å²) >= 11 is 0. The van der Waals surface area contributed by atoms with Gasteiger partial charge in [-0.05, 0) is 26.3 Å². The quantitative estimate of drug-likeness (QED) is 0.256. The highest BCUT2D eigenvalue weighted by Gasteiger charge is 2.39. The molecule has 0 N–H and O–H groups in total. The molecule has 0 saturated heterocycles. The number of aromatic nitrogens is 4. The van der Waals surface area contributed by atoms with Crippen LogP contribution in [-0.2, 0) is 11.8 Å². The Morgan fingerprint density at radius 1 is 1.14 bits per heavy atom. The molecule has 1 aliphatic rings. The second-order valence-electron chi connectivity index (χ2n) is 9.22. The molecule has 11 heteroatoms. The van der Waals surface area contributed by atoms with Crippen LogP contribution in [0.3, 0.4) is 0 Å². The zero-order valence-corrected chi connectivity index (χ0v) is 22.5. The number of hydrogen-bond acceptors (Lipinski definition) is 8. The van der Waals surface area contributed by atoms with E-state index in [1.165, 1.54) is 12.3 Å². The fourth-order valence-electron chi connectivity index (χ4n) is 4.65. The molecule has 4 aromatic rings. The van der Waals surface area contributed by atoms with Gasteiger partial charge in [0.2, 0.25) is 0 Å². The Kier molecular flexibility index (Phi) is 6.45. The summed E-state index contributed by atoms with van der Waals surface area (Å²) in [5.41, 5.74) is 4.53. The number of nitrogens with zero attached hydrogens (tertiary/aromatic N) is 6. The Hall–Kier alpha value is -3.78. The summed E-state index contributed by atoms with van der Waals surface area (Å²) < 4.78 is 28.6. The van der Waals surface area contributed by atoms with Gasteiger partial charge in [-0.25, -0.2) is 9.37 Å². The van der Waals surface area contributed by atoms with Crippen molar-refractivity contribution < 1.29 is 18.7 Å². The molecule has 37 heavy (non-hydrogen) atoms. The summed E-state index contributed by atoms with van der Waals surface area (Å²) in [5, 5.41) is 5.20. The van der Waals surface area contributed by atoms with E-state index in [0.717, 1.165) is 28.5 Å². The van der Waals surface area contributed by atoms with Gasteiger partial charge in [0.1, 0.15) is 17.8 Å². The van der Waals surface area contributed by atoms with Crippen LogP contribution in [0.25, 0.3) is 22.0 Å². The van der Waals surface area contributed by atoms with Crippen LogP contribution in [0.4, 0.5) is 21.6 Å². The molecular weight excluding hydrogens is 494 g/mol. The van der Waals surface area contributed by atoms with E-state index in [1.807, 2.05) is 32.3 Å². The summed E-state index contributed by atoms with van der Waals surface area (Å²) in [4.78, 5) is 24.7. The summed E-state index contributed by atoms with van der Waals surface area (Å²) in [6, 6.07) is 5.12. The minimum Gasteiger partial charge on any atom is -0.496 e. The number of aldehydes is 1. The van der Waals surface area contributed by atoms with E-state index in [2.05, 4.69) is 28.4 Å². The van der Waals surface area contributed by atoms with Gasteiger partial charge in [0, 0.05) is 48.9 Å². The van der Waals surface area contributed by atoms with E-state index in [0.29, 0.717) is 34.7 Å². The van der Waals surface area contributed by atoms with Gasteiger partial charge >= 0.3 is 0 Å². The van der Waals surface area contributed by atoms with E-state index in [4.69, 9.17) is 9.47 Å². The summed E-state index contributed by atoms with van der Waals surface area (Å²) in [7, 11) is 4.94. The number of likely N-dealkylation sites (N-methyl/N-ethyl adjacent to an activating group) is 1. The predicted molar refractivity (Wildman–Crippen MR) is 144 cm³/mol. The molecule has 0 amide bonds.